The molecule has 0 saturated carbocycles. The van der Waals surface area contributed by atoms with Crippen molar-refractivity contribution >= 4 is 10.8 Å². The summed E-state index contributed by atoms with van der Waals surface area (Å²) in [4.78, 5) is 17.9. The molecule has 0 atom stereocenters. The summed E-state index contributed by atoms with van der Waals surface area (Å²) in [5, 5.41) is 5.61. The summed E-state index contributed by atoms with van der Waals surface area (Å²) < 4.78 is 7.32. The van der Waals surface area contributed by atoms with E-state index in [1.807, 2.05) is 54.6 Å². The number of nitrogens with zero attached hydrogens (tertiary/aromatic N) is 3. The van der Waals surface area contributed by atoms with Crippen LogP contribution in [0, 0.1) is 13.8 Å². The fourth-order valence-electron chi connectivity index (χ4n) is 3.88. The van der Waals surface area contributed by atoms with Crippen LogP contribution in [0.25, 0.3) is 39.3 Å². The summed E-state index contributed by atoms with van der Waals surface area (Å²) >= 11 is 0. The monoisotopic (exact) mass is 421 g/mol. The van der Waals surface area contributed by atoms with Crippen molar-refractivity contribution in [2.75, 3.05) is 0 Å². The summed E-state index contributed by atoms with van der Waals surface area (Å²) in [6, 6.07) is 21.6. The third-order valence-corrected chi connectivity index (χ3v) is 5.97. The standard InChI is InChI=1S/C27H23N3O2/c1-4-19-10-13-21(14-11-19)30-16-24(22-7-5-6-8-23(22)27(30)31)26-28-25(29-32-26)20-12-9-17(2)18(3)15-20/h5-16H,4H2,1-3H3. The van der Waals surface area contributed by atoms with Crippen LogP contribution in [0.1, 0.15) is 23.6 Å². The van der Waals surface area contributed by atoms with Gasteiger partial charge in [-0.05, 0) is 61.2 Å². The minimum Gasteiger partial charge on any atom is -0.334 e. The lowest BCUT2D eigenvalue weighted by Crippen LogP contribution is -2.18. The molecular formula is C27H23N3O2. The summed E-state index contributed by atoms with van der Waals surface area (Å²) in [5.74, 6) is 0.908. The van der Waals surface area contributed by atoms with Gasteiger partial charge in [0.15, 0.2) is 0 Å². The quantitative estimate of drug-likeness (QED) is 0.363. The molecule has 0 N–H and O–H groups in total. The highest BCUT2D eigenvalue weighted by Gasteiger charge is 2.17. The molecule has 2 heterocycles. The van der Waals surface area contributed by atoms with E-state index in [2.05, 4.69) is 43.0 Å². The van der Waals surface area contributed by atoms with E-state index in [0.29, 0.717) is 17.1 Å². The fraction of sp³-hybridized carbons (Fsp3) is 0.148. The second-order valence-electron chi connectivity index (χ2n) is 8.01. The van der Waals surface area contributed by atoms with Crippen molar-refractivity contribution in [3.8, 4) is 28.5 Å². The summed E-state index contributed by atoms with van der Waals surface area (Å²) in [6.45, 7) is 6.24. The molecule has 0 amide bonds. The number of hydrogen-bond donors (Lipinski definition) is 0. The third kappa shape index (κ3) is 3.42. The molecule has 0 saturated heterocycles. The molecule has 5 aromatic rings. The Balaban J connectivity index is 1.68. The number of aromatic nitrogens is 3. The Kier molecular flexibility index (Phi) is 4.94. The average molecular weight is 422 g/mol. The largest absolute Gasteiger partial charge is 0.334 e. The molecule has 0 aliphatic carbocycles. The van der Waals surface area contributed by atoms with Crippen LogP contribution in [0.3, 0.4) is 0 Å². The van der Waals surface area contributed by atoms with Crippen LogP contribution < -0.4 is 5.56 Å². The van der Waals surface area contributed by atoms with Gasteiger partial charge in [-0.25, -0.2) is 0 Å². The lowest BCUT2D eigenvalue weighted by molar-refractivity contribution is 0.432. The number of benzene rings is 3. The first-order chi connectivity index (χ1) is 15.5. The first-order valence-corrected chi connectivity index (χ1v) is 10.7. The molecule has 5 rings (SSSR count). The predicted octanol–water partition coefficient (Wildman–Crippen LogP) is 5.89. The Morgan fingerprint density at radius 2 is 1.66 bits per heavy atom. The minimum atomic E-state index is -0.0810. The van der Waals surface area contributed by atoms with E-state index in [4.69, 9.17) is 4.52 Å². The van der Waals surface area contributed by atoms with Gasteiger partial charge in [-0.1, -0.05) is 54.5 Å². The molecule has 0 unspecified atom stereocenters. The van der Waals surface area contributed by atoms with Gasteiger partial charge in [0, 0.05) is 28.2 Å². The topological polar surface area (TPSA) is 60.9 Å². The Labute approximate surface area is 186 Å². The molecule has 32 heavy (non-hydrogen) atoms. The molecule has 5 heteroatoms. The Morgan fingerprint density at radius 3 is 2.38 bits per heavy atom. The lowest BCUT2D eigenvalue weighted by atomic mass is 10.1. The van der Waals surface area contributed by atoms with Crippen molar-refractivity contribution in [2.45, 2.75) is 27.2 Å². The van der Waals surface area contributed by atoms with Gasteiger partial charge in [0.05, 0.1) is 5.56 Å². The molecule has 158 valence electrons. The highest BCUT2D eigenvalue weighted by atomic mass is 16.5. The van der Waals surface area contributed by atoms with Crippen molar-refractivity contribution in [1.29, 1.82) is 0 Å². The van der Waals surface area contributed by atoms with Crippen LogP contribution in [0.15, 0.2) is 82.2 Å². The molecule has 2 aromatic heterocycles. The van der Waals surface area contributed by atoms with E-state index in [-0.39, 0.29) is 5.56 Å². The zero-order chi connectivity index (χ0) is 22.2. The van der Waals surface area contributed by atoms with Gasteiger partial charge in [0.25, 0.3) is 11.4 Å². The SMILES string of the molecule is CCc1ccc(-n2cc(-c3nc(-c4ccc(C)c(C)c4)no3)c3ccccc3c2=O)cc1. The van der Waals surface area contributed by atoms with Crippen LogP contribution >= 0.6 is 0 Å². The van der Waals surface area contributed by atoms with E-state index < -0.39 is 0 Å². The van der Waals surface area contributed by atoms with E-state index in [0.717, 1.165) is 28.6 Å². The maximum absolute atomic E-state index is 13.3. The van der Waals surface area contributed by atoms with E-state index in [1.165, 1.54) is 16.7 Å². The molecular weight excluding hydrogens is 398 g/mol. The van der Waals surface area contributed by atoms with Crippen molar-refractivity contribution < 1.29 is 4.52 Å². The predicted molar refractivity (Wildman–Crippen MR) is 127 cm³/mol. The number of fused-ring (bicyclic) bond motifs is 1. The maximum Gasteiger partial charge on any atom is 0.262 e. The fourth-order valence-corrected chi connectivity index (χ4v) is 3.88. The van der Waals surface area contributed by atoms with Crippen molar-refractivity contribution in [2.24, 2.45) is 0 Å². The second-order valence-corrected chi connectivity index (χ2v) is 8.01. The van der Waals surface area contributed by atoms with E-state index >= 15 is 0 Å². The van der Waals surface area contributed by atoms with Gasteiger partial charge in [-0.15, -0.1) is 0 Å². The van der Waals surface area contributed by atoms with Gasteiger partial charge < -0.3 is 4.52 Å². The second kappa shape index (κ2) is 7.93. The Morgan fingerprint density at radius 1 is 0.906 bits per heavy atom. The highest BCUT2D eigenvalue weighted by molar-refractivity contribution is 5.94. The molecule has 0 fully saturated rings. The van der Waals surface area contributed by atoms with Gasteiger partial charge in [0.2, 0.25) is 5.82 Å². The number of hydrogen-bond acceptors (Lipinski definition) is 4. The molecule has 5 nitrogen and oxygen atoms in total. The van der Waals surface area contributed by atoms with Crippen molar-refractivity contribution in [3.63, 3.8) is 0 Å². The highest BCUT2D eigenvalue weighted by Crippen LogP contribution is 2.29. The van der Waals surface area contributed by atoms with Crippen molar-refractivity contribution in [3.05, 3.63) is 100.0 Å². The van der Waals surface area contributed by atoms with Gasteiger partial charge in [-0.3, -0.25) is 9.36 Å². The summed E-state index contributed by atoms with van der Waals surface area (Å²) in [7, 11) is 0. The van der Waals surface area contributed by atoms with Gasteiger partial charge in [-0.2, -0.15) is 4.98 Å². The molecule has 0 aliphatic rings. The maximum atomic E-state index is 13.3. The number of rotatable bonds is 4. The van der Waals surface area contributed by atoms with Crippen LogP contribution in [0.4, 0.5) is 0 Å². The molecule has 0 aliphatic heterocycles. The summed E-state index contributed by atoms with van der Waals surface area (Å²) in [6.07, 6.45) is 2.74. The minimum absolute atomic E-state index is 0.0810. The molecule has 0 bridgehead atoms. The molecule has 0 radical (unpaired) electrons. The first-order valence-electron chi connectivity index (χ1n) is 10.7. The average Bonchev–Trinajstić information content (AvgIpc) is 3.31. The number of pyridine rings is 1. The zero-order valence-electron chi connectivity index (χ0n) is 18.3. The summed E-state index contributed by atoms with van der Waals surface area (Å²) in [5.41, 5.74) is 5.94. The first kappa shape index (κ1) is 19.9. The van der Waals surface area contributed by atoms with Crippen LogP contribution in [0.5, 0.6) is 0 Å². The lowest BCUT2D eigenvalue weighted by Gasteiger charge is -2.11. The van der Waals surface area contributed by atoms with Crippen LogP contribution in [0.2, 0.25) is 0 Å². The Hall–Kier alpha value is -3.99. The zero-order valence-corrected chi connectivity index (χ0v) is 18.3. The third-order valence-electron chi connectivity index (χ3n) is 5.97. The van der Waals surface area contributed by atoms with Crippen LogP contribution in [-0.4, -0.2) is 14.7 Å². The molecule has 0 spiro atoms. The number of aryl methyl sites for hydroxylation is 3. The van der Waals surface area contributed by atoms with E-state index in [9.17, 15) is 4.79 Å². The van der Waals surface area contributed by atoms with Gasteiger partial charge in [0.1, 0.15) is 0 Å². The van der Waals surface area contributed by atoms with Crippen LogP contribution in [-0.2, 0) is 6.42 Å². The molecule has 3 aromatic carbocycles. The normalized spacial score (nSPS) is 11.2. The van der Waals surface area contributed by atoms with Gasteiger partial charge >= 0.3 is 0 Å². The van der Waals surface area contributed by atoms with Crippen molar-refractivity contribution in [1.82, 2.24) is 14.7 Å². The van der Waals surface area contributed by atoms with E-state index in [1.54, 1.807) is 10.8 Å². The Bertz CT molecular complexity index is 1490. The smallest absolute Gasteiger partial charge is 0.262 e.